The zero-order valence-corrected chi connectivity index (χ0v) is 11.9. The van der Waals surface area contributed by atoms with Crippen molar-refractivity contribution in [2.75, 3.05) is 0 Å². The van der Waals surface area contributed by atoms with Crippen molar-refractivity contribution in [3.05, 3.63) is 47.0 Å². The van der Waals surface area contributed by atoms with Gasteiger partial charge in [0.2, 0.25) is 0 Å². The highest BCUT2D eigenvalue weighted by atomic mass is 19.1. The summed E-state index contributed by atoms with van der Waals surface area (Å²) in [7, 11) is 0. The molecule has 0 aliphatic heterocycles. The summed E-state index contributed by atoms with van der Waals surface area (Å²) < 4.78 is 15.8. The van der Waals surface area contributed by atoms with E-state index in [0.717, 1.165) is 36.2 Å². The van der Waals surface area contributed by atoms with Crippen LogP contribution in [0.25, 0.3) is 5.69 Å². The van der Waals surface area contributed by atoms with Crippen molar-refractivity contribution in [3.8, 4) is 5.69 Å². The fourth-order valence-corrected chi connectivity index (χ4v) is 3.01. The molecular weight excluding hydrogens is 253 g/mol. The molecule has 106 valence electrons. The van der Waals surface area contributed by atoms with Crippen molar-refractivity contribution in [3.63, 3.8) is 0 Å². The van der Waals surface area contributed by atoms with Crippen molar-refractivity contribution in [2.45, 2.75) is 45.1 Å². The summed E-state index contributed by atoms with van der Waals surface area (Å²) in [5, 5.41) is 4.67. The number of benzene rings is 1. The number of para-hydroxylation sites is 1. The van der Waals surface area contributed by atoms with E-state index in [4.69, 9.17) is 5.73 Å². The summed E-state index contributed by atoms with van der Waals surface area (Å²) in [5.74, 6) is 0.0492. The fourth-order valence-electron chi connectivity index (χ4n) is 3.01. The number of halogens is 1. The maximum atomic E-state index is 14.1. The molecule has 1 aliphatic rings. The van der Waals surface area contributed by atoms with Crippen molar-refractivity contribution < 1.29 is 4.39 Å². The van der Waals surface area contributed by atoms with Crippen molar-refractivity contribution in [2.24, 2.45) is 5.73 Å². The summed E-state index contributed by atoms with van der Waals surface area (Å²) in [4.78, 5) is 0. The van der Waals surface area contributed by atoms with E-state index < -0.39 is 0 Å². The van der Waals surface area contributed by atoms with Crippen LogP contribution in [-0.2, 0) is 6.42 Å². The number of nitrogens with two attached hydrogens (primary N) is 1. The minimum Gasteiger partial charge on any atom is -0.324 e. The second-order valence-electron chi connectivity index (χ2n) is 5.76. The molecule has 0 radical (unpaired) electrons. The van der Waals surface area contributed by atoms with Crippen LogP contribution in [0.2, 0.25) is 0 Å². The van der Waals surface area contributed by atoms with Gasteiger partial charge >= 0.3 is 0 Å². The summed E-state index contributed by atoms with van der Waals surface area (Å²) in [5.41, 5.74) is 10.0. The van der Waals surface area contributed by atoms with Gasteiger partial charge in [-0.05, 0) is 37.3 Å². The average Bonchev–Trinajstić information content (AvgIpc) is 2.80. The molecule has 0 saturated heterocycles. The SMILES string of the molecule is CC(C)c1nn(-c2ccccc2F)c2c1C(N)CCC2. The lowest BCUT2D eigenvalue weighted by Gasteiger charge is -2.21. The third-order valence-electron chi connectivity index (χ3n) is 3.98. The van der Waals surface area contributed by atoms with E-state index in [2.05, 4.69) is 18.9 Å². The highest BCUT2D eigenvalue weighted by molar-refractivity contribution is 5.42. The Hall–Kier alpha value is -1.68. The van der Waals surface area contributed by atoms with E-state index in [1.807, 2.05) is 6.07 Å². The Balaban J connectivity index is 2.23. The molecule has 0 amide bonds. The van der Waals surface area contributed by atoms with E-state index in [9.17, 15) is 4.39 Å². The van der Waals surface area contributed by atoms with E-state index in [1.54, 1.807) is 16.8 Å². The van der Waals surface area contributed by atoms with Gasteiger partial charge in [0.25, 0.3) is 0 Å². The zero-order valence-electron chi connectivity index (χ0n) is 11.9. The molecule has 3 rings (SSSR count). The van der Waals surface area contributed by atoms with Gasteiger partial charge in [-0.2, -0.15) is 5.10 Å². The van der Waals surface area contributed by atoms with Gasteiger partial charge in [0, 0.05) is 17.3 Å². The Morgan fingerprint density at radius 1 is 1.35 bits per heavy atom. The average molecular weight is 273 g/mol. The lowest BCUT2D eigenvalue weighted by molar-refractivity contribution is 0.549. The van der Waals surface area contributed by atoms with Gasteiger partial charge in [-0.1, -0.05) is 26.0 Å². The number of fused-ring (bicyclic) bond motifs is 1. The molecule has 1 atom stereocenters. The minimum absolute atomic E-state index is 0.0247. The molecule has 0 fully saturated rings. The molecule has 3 nitrogen and oxygen atoms in total. The van der Waals surface area contributed by atoms with Gasteiger partial charge in [-0.15, -0.1) is 0 Å². The van der Waals surface area contributed by atoms with E-state index in [-0.39, 0.29) is 11.9 Å². The molecule has 2 N–H and O–H groups in total. The molecule has 1 aromatic carbocycles. The Kier molecular flexibility index (Phi) is 3.34. The Morgan fingerprint density at radius 2 is 2.10 bits per heavy atom. The Labute approximate surface area is 118 Å². The quantitative estimate of drug-likeness (QED) is 0.910. The molecule has 0 saturated carbocycles. The third kappa shape index (κ3) is 2.04. The molecule has 1 aliphatic carbocycles. The molecule has 2 aromatic rings. The van der Waals surface area contributed by atoms with Crippen LogP contribution < -0.4 is 5.73 Å². The molecule has 4 heteroatoms. The van der Waals surface area contributed by atoms with Crippen molar-refractivity contribution in [1.29, 1.82) is 0 Å². The molecular formula is C16H20FN3. The van der Waals surface area contributed by atoms with Gasteiger partial charge in [0.1, 0.15) is 11.5 Å². The second-order valence-corrected chi connectivity index (χ2v) is 5.76. The second kappa shape index (κ2) is 5.02. The van der Waals surface area contributed by atoms with Crippen LogP contribution in [-0.4, -0.2) is 9.78 Å². The van der Waals surface area contributed by atoms with Gasteiger partial charge in [-0.3, -0.25) is 0 Å². The van der Waals surface area contributed by atoms with Gasteiger partial charge in [-0.25, -0.2) is 9.07 Å². The maximum absolute atomic E-state index is 14.1. The number of hydrogen-bond acceptors (Lipinski definition) is 2. The van der Waals surface area contributed by atoms with E-state index in [0.29, 0.717) is 11.6 Å². The van der Waals surface area contributed by atoms with Crippen molar-refractivity contribution in [1.82, 2.24) is 9.78 Å². The smallest absolute Gasteiger partial charge is 0.148 e. The van der Waals surface area contributed by atoms with Crippen LogP contribution in [0.1, 0.15) is 55.6 Å². The Bertz CT molecular complexity index is 631. The third-order valence-corrected chi connectivity index (χ3v) is 3.98. The monoisotopic (exact) mass is 273 g/mol. The van der Waals surface area contributed by atoms with Crippen LogP contribution in [0.3, 0.4) is 0 Å². The zero-order chi connectivity index (χ0) is 14.3. The van der Waals surface area contributed by atoms with Crippen LogP contribution >= 0.6 is 0 Å². The lowest BCUT2D eigenvalue weighted by Crippen LogP contribution is -2.19. The largest absolute Gasteiger partial charge is 0.324 e. The van der Waals surface area contributed by atoms with E-state index in [1.165, 1.54) is 6.07 Å². The van der Waals surface area contributed by atoms with Crippen LogP contribution in [0.15, 0.2) is 24.3 Å². The van der Waals surface area contributed by atoms with Gasteiger partial charge in [0.05, 0.1) is 5.69 Å². The predicted molar refractivity (Wildman–Crippen MR) is 77.5 cm³/mol. The maximum Gasteiger partial charge on any atom is 0.148 e. The fraction of sp³-hybridized carbons (Fsp3) is 0.438. The molecule has 0 spiro atoms. The first-order chi connectivity index (χ1) is 9.59. The van der Waals surface area contributed by atoms with Crippen LogP contribution in [0.5, 0.6) is 0 Å². The van der Waals surface area contributed by atoms with Crippen LogP contribution in [0, 0.1) is 5.82 Å². The summed E-state index contributed by atoms with van der Waals surface area (Å²) in [6.07, 6.45) is 2.93. The number of hydrogen-bond donors (Lipinski definition) is 1. The highest BCUT2D eigenvalue weighted by Crippen LogP contribution is 2.35. The first-order valence-electron chi connectivity index (χ1n) is 7.21. The lowest BCUT2D eigenvalue weighted by atomic mass is 9.89. The summed E-state index contributed by atoms with van der Waals surface area (Å²) >= 11 is 0. The molecule has 1 aromatic heterocycles. The number of rotatable bonds is 2. The van der Waals surface area contributed by atoms with Crippen molar-refractivity contribution >= 4 is 0 Å². The predicted octanol–water partition coefficient (Wildman–Crippen LogP) is 3.47. The van der Waals surface area contributed by atoms with Gasteiger partial charge < -0.3 is 5.73 Å². The Morgan fingerprint density at radius 3 is 2.80 bits per heavy atom. The number of nitrogens with zero attached hydrogens (tertiary/aromatic N) is 2. The first-order valence-corrected chi connectivity index (χ1v) is 7.21. The van der Waals surface area contributed by atoms with Crippen LogP contribution in [0.4, 0.5) is 4.39 Å². The molecule has 1 unspecified atom stereocenters. The highest BCUT2D eigenvalue weighted by Gasteiger charge is 2.28. The number of aromatic nitrogens is 2. The minimum atomic E-state index is -0.243. The molecule has 1 heterocycles. The summed E-state index contributed by atoms with van der Waals surface area (Å²) in [6.45, 7) is 4.21. The topological polar surface area (TPSA) is 43.8 Å². The molecule has 0 bridgehead atoms. The standard InChI is InChI=1S/C16H20FN3/c1-10(2)16-15-12(18)7-5-9-14(15)20(19-16)13-8-4-3-6-11(13)17/h3-4,6,8,10,12H,5,7,9,18H2,1-2H3. The first kappa shape index (κ1) is 13.3. The van der Waals surface area contributed by atoms with Gasteiger partial charge in [0.15, 0.2) is 0 Å². The summed E-state index contributed by atoms with van der Waals surface area (Å²) in [6, 6.07) is 6.80. The molecule has 20 heavy (non-hydrogen) atoms. The normalized spacial score (nSPS) is 18.4. The van der Waals surface area contributed by atoms with E-state index >= 15 is 0 Å².